The molecular formula is C25H29N3O2S3Si. The zero-order valence-corrected chi connectivity index (χ0v) is 22.8. The molecular weight excluding hydrogens is 499 g/mol. The number of ether oxygens (including phenoxy) is 2. The average molecular weight is 528 g/mol. The van der Waals surface area contributed by atoms with Gasteiger partial charge in [0.25, 0.3) is 0 Å². The molecule has 2 rings (SSSR count). The van der Waals surface area contributed by atoms with E-state index in [9.17, 15) is 0 Å². The molecule has 5 nitrogen and oxygen atoms in total. The van der Waals surface area contributed by atoms with Gasteiger partial charge >= 0.3 is 8.56 Å². The van der Waals surface area contributed by atoms with Crippen molar-refractivity contribution in [1.29, 1.82) is 0 Å². The van der Waals surface area contributed by atoms with Gasteiger partial charge < -0.3 is 9.47 Å². The molecule has 0 saturated heterocycles. The summed E-state index contributed by atoms with van der Waals surface area (Å²) in [7, 11) is -2.94. The van der Waals surface area contributed by atoms with Crippen LogP contribution in [-0.4, -0.2) is 37.3 Å². The van der Waals surface area contributed by atoms with Gasteiger partial charge in [0.05, 0.1) is 28.7 Å². The topological polar surface area (TPSA) is 55.5 Å². The van der Waals surface area contributed by atoms with E-state index in [0.717, 1.165) is 35.5 Å². The zero-order chi connectivity index (χ0) is 24.5. The SMILES string of the molecule is CCCCCCCOc1cccc(-c2ccccc2)c1OCCC[Si](N=C=S)(N=C=S)N=C=S. The lowest BCUT2D eigenvalue weighted by Crippen LogP contribution is -2.28. The lowest BCUT2D eigenvalue weighted by molar-refractivity contribution is 0.263. The summed E-state index contributed by atoms with van der Waals surface area (Å²) in [6.07, 6.45) is 6.52. The van der Waals surface area contributed by atoms with E-state index >= 15 is 0 Å². The number of nitrogens with zero attached hydrogens (tertiary/aromatic N) is 3. The van der Waals surface area contributed by atoms with Crippen molar-refractivity contribution in [3.8, 4) is 22.6 Å². The molecule has 34 heavy (non-hydrogen) atoms. The third-order valence-corrected chi connectivity index (χ3v) is 8.34. The van der Waals surface area contributed by atoms with Crippen LogP contribution in [0.1, 0.15) is 45.4 Å². The summed E-state index contributed by atoms with van der Waals surface area (Å²) in [4.78, 5) is 0. The van der Waals surface area contributed by atoms with Crippen molar-refractivity contribution in [2.45, 2.75) is 51.5 Å². The second-order valence-corrected chi connectivity index (χ2v) is 10.9. The van der Waals surface area contributed by atoms with E-state index in [1.54, 1.807) is 0 Å². The van der Waals surface area contributed by atoms with Crippen LogP contribution in [0.15, 0.2) is 62.5 Å². The Morgan fingerprint density at radius 2 is 1.38 bits per heavy atom. The smallest absolute Gasteiger partial charge is 0.461 e. The Balaban J connectivity index is 2.16. The number of para-hydroxylation sites is 1. The third-order valence-electron chi connectivity index (χ3n) is 5.15. The van der Waals surface area contributed by atoms with E-state index < -0.39 is 8.56 Å². The molecule has 0 amide bonds. The molecule has 0 aliphatic carbocycles. The van der Waals surface area contributed by atoms with E-state index in [1.165, 1.54) is 19.3 Å². The predicted molar refractivity (Wildman–Crippen MR) is 152 cm³/mol. The molecule has 2 aromatic rings. The van der Waals surface area contributed by atoms with E-state index in [-0.39, 0.29) is 0 Å². The molecule has 9 heteroatoms. The summed E-state index contributed by atoms with van der Waals surface area (Å²) < 4.78 is 24.9. The van der Waals surface area contributed by atoms with Crippen LogP contribution in [0.2, 0.25) is 6.04 Å². The maximum atomic E-state index is 6.28. The number of isothiocyanates is 3. The summed E-state index contributed by atoms with van der Waals surface area (Å²) >= 11 is 14.3. The Hall–Kier alpha value is -2.34. The van der Waals surface area contributed by atoms with E-state index in [1.807, 2.05) is 36.4 Å². The van der Waals surface area contributed by atoms with Crippen LogP contribution in [0.3, 0.4) is 0 Å². The molecule has 0 saturated carbocycles. The molecule has 0 aliphatic heterocycles. The molecule has 0 spiro atoms. The van der Waals surface area contributed by atoms with Gasteiger partial charge in [-0.05, 0) is 61.1 Å². The standard InChI is InChI=1S/C25H29N3O2S3Si/c1-2-3-4-5-9-16-29-24-15-10-14-23(22-12-7-6-8-13-22)25(24)30-17-11-18-34(26-19-31,27-20-32)28-21-33/h6-8,10,12-15H,2-5,9,11,16-18H2,1H3. The number of unbranched alkanes of at least 4 members (excludes halogenated alkanes) is 4. The molecule has 0 heterocycles. The van der Waals surface area contributed by atoms with Gasteiger partial charge in [-0.25, -0.2) is 14.0 Å². The molecule has 0 unspecified atom stereocenters. The van der Waals surface area contributed by atoms with Crippen molar-refractivity contribution < 1.29 is 9.47 Å². The van der Waals surface area contributed by atoms with Gasteiger partial charge in [-0.2, -0.15) is 0 Å². The van der Waals surface area contributed by atoms with Gasteiger partial charge in [0.15, 0.2) is 11.5 Å². The van der Waals surface area contributed by atoms with Gasteiger partial charge in [-0.3, -0.25) is 0 Å². The minimum Gasteiger partial charge on any atom is -0.490 e. The molecule has 0 aliphatic rings. The van der Waals surface area contributed by atoms with E-state index in [4.69, 9.17) is 46.1 Å². The van der Waals surface area contributed by atoms with Gasteiger partial charge in [0.2, 0.25) is 0 Å². The molecule has 0 N–H and O–H groups in total. The molecule has 0 radical (unpaired) electrons. The predicted octanol–water partition coefficient (Wildman–Crippen LogP) is 7.72. The Morgan fingerprint density at radius 3 is 2.03 bits per heavy atom. The van der Waals surface area contributed by atoms with Crippen molar-refractivity contribution >= 4 is 60.7 Å². The highest BCUT2D eigenvalue weighted by Gasteiger charge is 2.34. The Kier molecular flexibility index (Phi) is 13.4. The van der Waals surface area contributed by atoms with Crippen LogP contribution in [0.25, 0.3) is 11.1 Å². The molecule has 0 aromatic heterocycles. The first-order chi connectivity index (χ1) is 16.7. The fourth-order valence-electron chi connectivity index (χ4n) is 3.46. The van der Waals surface area contributed by atoms with Gasteiger partial charge in [-0.1, -0.05) is 75.1 Å². The highest BCUT2D eigenvalue weighted by atomic mass is 32.1. The van der Waals surface area contributed by atoms with E-state index in [2.05, 4.69) is 48.5 Å². The zero-order valence-electron chi connectivity index (χ0n) is 19.4. The van der Waals surface area contributed by atoms with Gasteiger partial charge in [0, 0.05) is 11.6 Å². The van der Waals surface area contributed by atoms with Crippen LogP contribution in [0.5, 0.6) is 11.5 Å². The first kappa shape index (κ1) is 27.9. The van der Waals surface area contributed by atoms with Crippen LogP contribution >= 0.6 is 36.7 Å². The highest BCUT2D eigenvalue weighted by molar-refractivity contribution is 7.78. The van der Waals surface area contributed by atoms with Crippen LogP contribution in [0.4, 0.5) is 0 Å². The first-order valence-corrected chi connectivity index (χ1v) is 14.7. The minimum atomic E-state index is -2.94. The molecule has 0 bridgehead atoms. The van der Waals surface area contributed by atoms with Crippen molar-refractivity contribution in [2.24, 2.45) is 14.0 Å². The van der Waals surface area contributed by atoms with Crippen molar-refractivity contribution in [2.75, 3.05) is 13.2 Å². The number of hydrogen-bond donors (Lipinski definition) is 0. The van der Waals surface area contributed by atoms with Crippen molar-refractivity contribution in [3.05, 3.63) is 48.5 Å². The molecule has 0 fully saturated rings. The average Bonchev–Trinajstić information content (AvgIpc) is 2.85. The van der Waals surface area contributed by atoms with E-state index in [0.29, 0.717) is 25.7 Å². The summed E-state index contributed by atoms with van der Waals surface area (Å²) in [5.41, 5.74) is 2.05. The quantitative estimate of drug-likeness (QED) is 0.0968. The van der Waals surface area contributed by atoms with Crippen molar-refractivity contribution in [1.82, 2.24) is 0 Å². The Bertz CT molecular complexity index is 1000. The number of thiocarbonyl (C=S) groups is 3. The van der Waals surface area contributed by atoms with Crippen LogP contribution < -0.4 is 9.47 Å². The van der Waals surface area contributed by atoms with Crippen LogP contribution in [-0.2, 0) is 0 Å². The number of rotatable bonds is 16. The van der Waals surface area contributed by atoms with Gasteiger partial charge in [0.1, 0.15) is 0 Å². The summed E-state index contributed by atoms with van der Waals surface area (Å²) in [6, 6.07) is 16.6. The second-order valence-electron chi connectivity index (χ2n) is 7.60. The Morgan fingerprint density at radius 1 is 0.735 bits per heavy atom. The normalized spacial score (nSPS) is 11.8. The lowest BCUT2D eigenvalue weighted by atomic mass is 10.0. The number of hydrogen-bond acceptors (Lipinski definition) is 8. The van der Waals surface area contributed by atoms with Crippen LogP contribution in [0, 0.1) is 0 Å². The summed E-state index contributed by atoms with van der Waals surface area (Å²) in [5, 5.41) is 7.10. The summed E-state index contributed by atoms with van der Waals surface area (Å²) in [5.74, 6) is 1.47. The minimum absolute atomic E-state index is 0.415. The molecule has 178 valence electrons. The monoisotopic (exact) mass is 527 g/mol. The number of benzene rings is 2. The highest BCUT2D eigenvalue weighted by Crippen LogP contribution is 2.38. The first-order valence-electron chi connectivity index (χ1n) is 11.4. The van der Waals surface area contributed by atoms with Gasteiger partial charge in [-0.15, -0.1) is 0 Å². The second kappa shape index (κ2) is 16.3. The maximum Gasteiger partial charge on any atom is 0.461 e. The maximum absolute atomic E-state index is 6.28. The fraction of sp³-hybridized carbons (Fsp3) is 0.400. The molecule has 0 atom stereocenters. The Labute approximate surface area is 219 Å². The van der Waals surface area contributed by atoms with Crippen molar-refractivity contribution in [3.63, 3.8) is 0 Å². The summed E-state index contributed by atoms with van der Waals surface area (Å²) in [6.45, 7) is 3.29. The fourth-order valence-corrected chi connectivity index (χ4v) is 6.32. The third kappa shape index (κ3) is 9.13. The molecule has 2 aromatic carbocycles. The lowest BCUT2D eigenvalue weighted by Gasteiger charge is -2.18. The largest absolute Gasteiger partial charge is 0.490 e.